The molecule has 0 spiro atoms. The van der Waals surface area contributed by atoms with Crippen LogP contribution in [0.25, 0.3) is 10.2 Å². The number of fused-ring (bicyclic) bond motifs is 1. The van der Waals surface area contributed by atoms with Crippen LogP contribution in [0.5, 0.6) is 0 Å². The summed E-state index contributed by atoms with van der Waals surface area (Å²) >= 11 is 13.5. The second-order valence-corrected chi connectivity index (χ2v) is 7.20. The van der Waals surface area contributed by atoms with Crippen LogP contribution in [-0.2, 0) is 0 Å². The fraction of sp³-hybridized carbons (Fsp3) is 0. The lowest BCUT2D eigenvalue weighted by Crippen LogP contribution is -2.05. The lowest BCUT2D eigenvalue weighted by atomic mass is 10.3. The Morgan fingerprint density at radius 2 is 1.69 bits per heavy atom. The number of rotatable bonds is 4. The maximum Gasteiger partial charge on any atom is 0.189 e. The summed E-state index contributed by atoms with van der Waals surface area (Å²) in [6.45, 7) is 0. The maximum absolute atomic E-state index is 6.21. The molecule has 0 atom stereocenters. The molecule has 26 heavy (non-hydrogen) atoms. The minimum atomic E-state index is 0.373. The van der Waals surface area contributed by atoms with Crippen molar-refractivity contribution in [1.82, 2.24) is 15.0 Å². The highest BCUT2D eigenvalue weighted by Crippen LogP contribution is 2.33. The fourth-order valence-corrected chi connectivity index (χ4v) is 3.50. The summed E-state index contributed by atoms with van der Waals surface area (Å²) in [6, 6.07) is 13.1. The Bertz CT molecular complexity index is 1060. The molecular weight excluding hydrogens is 391 g/mol. The molecule has 0 aliphatic heterocycles. The van der Waals surface area contributed by atoms with Crippen molar-refractivity contribution in [2.75, 3.05) is 16.4 Å². The lowest BCUT2D eigenvalue weighted by Gasteiger charge is -2.11. The highest BCUT2D eigenvalue weighted by atomic mass is 35.5. The minimum absolute atomic E-state index is 0.373. The number of benzene rings is 2. The van der Waals surface area contributed by atoms with E-state index >= 15 is 0 Å². The van der Waals surface area contributed by atoms with Gasteiger partial charge in [0.05, 0.1) is 20.3 Å². The van der Waals surface area contributed by atoms with Crippen molar-refractivity contribution in [3.63, 3.8) is 0 Å². The molecule has 0 saturated heterocycles. The zero-order valence-electron chi connectivity index (χ0n) is 13.2. The van der Waals surface area contributed by atoms with E-state index in [-0.39, 0.29) is 0 Å². The minimum Gasteiger partial charge on any atom is -0.393 e. The number of nitrogens with one attached hydrogen (secondary N) is 2. The largest absolute Gasteiger partial charge is 0.393 e. The van der Waals surface area contributed by atoms with Crippen molar-refractivity contribution in [1.29, 1.82) is 0 Å². The predicted molar refractivity (Wildman–Crippen MR) is 109 cm³/mol. The van der Waals surface area contributed by atoms with Gasteiger partial charge in [-0.2, -0.15) is 0 Å². The quantitative estimate of drug-likeness (QED) is 0.419. The van der Waals surface area contributed by atoms with E-state index in [9.17, 15) is 0 Å². The first-order valence-corrected chi connectivity index (χ1v) is 9.12. The molecule has 9 heteroatoms. The van der Waals surface area contributed by atoms with Crippen LogP contribution in [0.4, 0.5) is 28.1 Å². The third-order valence-electron chi connectivity index (χ3n) is 3.59. The average Bonchev–Trinajstić information content (AvgIpc) is 3.04. The van der Waals surface area contributed by atoms with Crippen molar-refractivity contribution in [2.24, 2.45) is 0 Å². The van der Waals surface area contributed by atoms with Gasteiger partial charge in [-0.15, -0.1) is 0 Å². The molecule has 4 rings (SSSR count). The van der Waals surface area contributed by atoms with E-state index in [2.05, 4.69) is 25.6 Å². The summed E-state index contributed by atoms with van der Waals surface area (Å²) in [4.78, 5) is 12.9. The first-order chi connectivity index (χ1) is 12.6. The topological polar surface area (TPSA) is 88.8 Å². The van der Waals surface area contributed by atoms with Gasteiger partial charge in [0.2, 0.25) is 0 Å². The highest BCUT2D eigenvalue weighted by Gasteiger charge is 2.11. The summed E-state index contributed by atoms with van der Waals surface area (Å²) in [5.74, 6) is 0.934. The molecule has 0 unspecified atom stereocenters. The smallest absolute Gasteiger partial charge is 0.189 e. The second-order valence-electron chi connectivity index (χ2n) is 5.35. The van der Waals surface area contributed by atoms with Gasteiger partial charge < -0.3 is 16.4 Å². The number of halogens is 2. The number of thiazole rings is 1. The van der Waals surface area contributed by atoms with Gasteiger partial charge in [-0.1, -0.05) is 46.7 Å². The average molecular weight is 403 g/mol. The van der Waals surface area contributed by atoms with Gasteiger partial charge in [-0.3, -0.25) is 0 Å². The summed E-state index contributed by atoms with van der Waals surface area (Å²) in [6.07, 6.45) is 1.42. The van der Waals surface area contributed by atoms with Crippen LogP contribution in [0.1, 0.15) is 0 Å². The Kier molecular flexibility index (Phi) is 4.50. The summed E-state index contributed by atoms with van der Waals surface area (Å²) < 4.78 is 1.08. The van der Waals surface area contributed by atoms with E-state index in [1.54, 1.807) is 18.2 Å². The van der Waals surface area contributed by atoms with Gasteiger partial charge >= 0.3 is 0 Å². The van der Waals surface area contributed by atoms with Crippen LogP contribution in [0.2, 0.25) is 10.0 Å². The van der Waals surface area contributed by atoms with Crippen LogP contribution >= 0.6 is 34.5 Å². The second kappa shape index (κ2) is 6.95. The Balaban J connectivity index is 1.61. The standard InChI is InChI=1S/C17H12Cl2N6S/c18-10-6-5-9(7-11(10)19)23-15-14(20)16(22-8-21-15)25-17-24-12-3-1-2-4-13(12)26-17/h1-8H,20H2,(H2,21,22,23,24,25). The monoisotopic (exact) mass is 402 g/mol. The molecule has 130 valence electrons. The van der Waals surface area contributed by atoms with Crippen molar-refractivity contribution in [3.05, 3.63) is 58.8 Å². The molecule has 0 aliphatic carbocycles. The molecule has 0 radical (unpaired) electrons. The van der Waals surface area contributed by atoms with E-state index < -0.39 is 0 Å². The Hall–Kier alpha value is -2.61. The highest BCUT2D eigenvalue weighted by molar-refractivity contribution is 7.22. The number of nitrogens with two attached hydrogens (primary N) is 1. The van der Waals surface area contributed by atoms with Gasteiger partial charge in [0, 0.05) is 5.69 Å². The Morgan fingerprint density at radius 3 is 2.46 bits per heavy atom. The Labute approximate surface area is 163 Å². The zero-order chi connectivity index (χ0) is 18.1. The molecule has 4 aromatic rings. The van der Waals surface area contributed by atoms with Crippen LogP contribution in [0.15, 0.2) is 48.8 Å². The maximum atomic E-state index is 6.21. The predicted octanol–water partition coefficient (Wildman–Crippen LogP) is 5.46. The van der Waals surface area contributed by atoms with Gasteiger partial charge in [-0.05, 0) is 30.3 Å². The molecule has 0 saturated carbocycles. The molecule has 2 aromatic carbocycles. The van der Waals surface area contributed by atoms with Crippen molar-refractivity contribution < 1.29 is 0 Å². The van der Waals surface area contributed by atoms with E-state index in [1.807, 2.05) is 24.3 Å². The first-order valence-electron chi connectivity index (χ1n) is 7.55. The molecule has 2 heterocycles. The zero-order valence-corrected chi connectivity index (χ0v) is 15.5. The van der Waals surface area contributed by atoms with Crippen LogP contribution in [0.3, 0.4) is 0 Å². The van der Waals surface area contributed by atoms with Crippen LogP contribution < -0.4 is 16.4 Å². The number of aromatic nitrogens is 3. The van der Waals surface area contributed by atoms with Gasteiger partial charge in [-0.25, -0.2) is 15.0 Å². The fourth-order valence-electron chi connectivity index (χ4n) is 2.33. The lowest BCUT2D eigenvalue weighted by molar-refractivity contribution is 1.17. The molecule has 0 fully saturated rings. The third kappa shape index (κ3) is 3.37. The molecular formula is C17H12Cl2N6S. The molecule has 2 aromatic heterocycles. The SMILES string of the molecule is Nc1c(Nc2ccc(Cl)c(Cl)c2)ncnc1Nc1nc2ccccc2s1. The molecule has 0 bridgehead atoms. The van der Waals surface area contributed by atoms with Crippen LogP contribution in [0, 0.1) is 0 Å². The number of hydrogen-bond acceptors (Lipinski definition) is 7. The van der Waals surface area contributed by atoms with Crippen molar-refractivity contribution in [2.45, 2.75) is 0 Å². The molecule has 4 N–H and O–H groups in total. The summed E-state index contributed by atoms with van der Waals surface area (Å²) in [5.41, 5.74) is 8.22. The van der Waals surface area contributed by atoms with Crippen molar-refractivity contribution >= 4 is 72.9 Å². The van der Waals surface area contributed by atoms with Crippen molar-refractivity contribution in [3.8, 4) is 0 Å². The van der Waals surface area contributed by atoms with Gasteiger partial charge in [0.15, 0.2) is 16.8 Å². The van der Waals surface area contributed by atoms with E-state index in [0.717, 1.165) is 15.9 Å². The van der Waals surface area contributed by atoms with Crippen LogP contribution in [-0.4, -0.2) is 15.0 Å². The first kappa shape index (κ1) is 16.8. The van der Waals surface area contributed by atoms with Gasteiger partial charge in [0.1, 0.15) is 12.0 Å². The third-order valence-corrected chi connectivity index (χ3v) is 5.28. The van der Waals surface area contributed by atoms with E-state index in [4.69, 9.17) is 28.9 Å². The van der Waals surface area contributed by atoms with E-state index in [1.165, 1.54) is 17.7 Å². The summed E-state index contributed by atoms with van der Waals surface area (Å²) in [5, 5.41) is 7.89. The Morgan fingerprint density at radius 1 is 0.923 bits per heavy atom. The molecule has 0 aliphatic rings. The number of anilines is 5. The number of nitrogens with zero attached hydrogens (tertiary/aromatic N) is 3. The molecule has 6 nitrogen and oxygen atoms in total. The molecule has 0 amide bonds. The number of para-hydroxylation sites is 1. The van der Waals surface area contributed by atoms with E-state index in [0.29, 0.717) is 32.5 Å². The number of hydrogen-bond donors (Lipinski definition) is 3. The number of nitrogen functional groups attached to an aromatic ring is 1. The van der Waals surface area contributed by atoms with Gasteiger partial charge in [0.25, 0.3) is 0 Å². The summed E-state index contributed by atoms with van der Waals surface area (Å²) in [7, 11) is 0. The normalized spacial score (nSPS) is 10.8.